The van der Waals surface area contributed by atoms with Gasteiger partial charge in [-0.15, -0.1) is 0 Å². The summed E-state index contributed by atoms with van der Waals surface area (Å²) < 4.78 is 16.1. The minimum Gasteiger partial charge on any atom is -0.504 e. The predicted molar refractivity (Wildman–Crippen MR) is 115 cm³/mol. The Hall–Kier alpha value is -2.93. The van der Waals surface area contributed by atoms with E-state index < -0.39 is 0 Å². The van der Waals surface area contributed by atoms with Gasteiger partial charge in [0, 0.05) is 31.3 Å². The second-order valence-electron chi connectivity index (χ2n) is 6.47. The lowest BCUT2D eigenvalue weighted by atomic mass is 10.1. The maximum Gasteiger partial charge on any atom is 0.191 e. The zero-order valence-electron chi connectivity index (χ0n) is 17.6. The second-order valence-corrected chi connectivity index (χ2v) is 6.47. The quantitative estimate of drug-likeness (QED) is 0.322. The summed E-state index contributed by atoms with van der Waals surface area (Å²) in [6, 6.07) is 11.5. The highest BCUT2D eigenvalue weighted by Crippen LogP contribution is 2.29. The molecule has 2 aromatic carbocycles. The second kappa shape index (κ2) is 11.8. The molecule has 0 saturated heterocycles. The molecule has 0 fully saturated rings. The van der Waals surface area contributed by atoms with E-state index in [1.165, 1.54) is 7.11 Å². The number of aryl methyl sites for hydroxylation is 1. The lowest BCUT2D eigenvalue weighted by Gasteiger charge is -2.14. The number of aromatic hydroxyl groups is 1. The number of benzene rings is 2. The van der Waals surface area contributed by atoms with E-state index >= 15 is 0 Å². The molecule has 0 aliphatic rings. The van der Waals surface area contributed by atoms with E-state index in [0.717, 1.165) is 29.0 Å². The molecule has 2 aromatic rings. The molecule has 0 atom stereocenters. The third-order valence-electron chi connectivity index (χ3n) is 4.27. The third-order valence-corrected chi connectivity index (χ3v) is 4.27. The van der Waals surface area contributed by atoms with E-state index in [2.05, 4.69) is 15.6 Å². The minimum atomic E-state index is 0.130. The number of phenols is 1. The van der Waals surface area contributed by atoms with Crippen molar-refractivity contribution >= 4 is 5.96 Å². The van der Waals surface area contributed by atoms with Crippen LogP contribution in [0.25, 0.3) is 0 Å². The summed E-state index contributed by atoms with van der Waals surface area (Å²) in [7, 11) is 3.19. The van der Waals surface area contributed by atoms with Gasteiger partial charge in [-0.1, -0.05) is 24.3 Å². The van der Waals surface area contributed by atoms with Crippen LogP contribution in [0.1, 0.15) is 23.6 Å². The number of para-hydroxylation sites is 1. The van der Waals surface area contributed by atoms with Gasteiger partial charge < -0.3 is 30.0 Å². The molecule has 0 spiro atoms. The largest absolute Gasteiger partial charge is 0.504 e. The van der Waals surface area contributed by atoms with Crippen molar-refractivity contribution < 1.29 is 19.3 Å². The fraction of sp³-hybridized carbons (Fsp3) is 0.409. The van der Waals surface area contributed by atoms with Crippen LogP contribution in [0.15, 0.2) is 41.4 Å². The Morgan fingerprint density at radius 1 is 1.03 bits per heavy atom. The molecule has 0 heterocycles. The van der Waals surface area contributed by atoms with E-state index in [1.807, 2.05) is 44.2 Å². The third kappa shape index (κ3) is 6.87. The number of ether oxygens (including phenoxy) is 3. The lowest BCUT2D eigenvalue weighted by molar-refractivity contribution is 0.145. The Morgan fingerprint density at radius 3 is 2.59 bits per heavy atom. The van der Waals surface area contributed by atoms with E-state index in [-0.39, 0.29) is 5.75 Å². The lowest BCUT2D eigenvalue weighted by Crippen LogP contribution is -2.36. The van der Waals surface area contributed by atoms with Gasteiger partial charge in [-0.3, -0.25) is 0 Å². The van der Waals surface area contributed by atoms with Crippen LogP contribution in [0, 0.1) is 6.92 Å². The first-order valence-corrected chi connectivity index (χ1v) is 9.67. The summed E-state index contributed by atoms with van der Waals surface area (Å²) in [6.07, 6.45) is 0. The maximum absolute atomic E-state index is 10.3. The fourth-order valence-corrected chi connectivity index (χ4v) is 2.72. The van der Waals surface area contributed by atoms with Gasteiger partial charge in [-0.2, -0.15) is 0 Å². The smallest absolute Gasteiger partial charge is 0.191 e. The van der Waals surface area contributed by atoms with Gasteiger partial charge in [-0.05, 0) is 31.5 Å². The van der Waals surface area contributed by atoms with Crippen molar-refractivity contribution in [1.82, 2.24) is 10.6 Å². The zero-order valence-corrected chi connectivity index (χ0v) is 17.6. The average molecular weight is 402 g/mol. The average Bonchev–Trinajstić information content (AvgIpc) is 2.72. The zero-order chi connectivity index (χ0) is 21.1. The van der Waals surface area contributed by atoms with E-state index in [0.29, 0.717) is 38.0 Å². The summed E-state index contributed by atoms with van der Waals surface area (Å²) in [5.74, 6) is 2.04. The number of hydrogen-bond donors (Lipinski definition) is 3. The summed E-state index contributed by atoms with van der Waals surface area (Å²) >= 11 is 0. The van der Waals surface area contributed by atoms with Crippen LogP contribution < -0.4 is 20.1 Å². The summed E-state index contributed by atoms with van der Waals surface area (Å²) in [6.45, 7) is 6.66. The standard InChI is InChI=1S/C22H31N3O4/c1-5-23-22(25-15-18-7-6-8-19(28-4)21(18)26)24-14-17-10-9-16(2)13-20(17)29-12-11-27-3/h6-10,13,26H,5,11-12,14-15H2,1-4H3,(H2,23,24,25). The van der Waals surface area contributed by atoms with Crippen LogP contribution in [0.2, 0.25) is 0 Å². The van der Waals surface area contributed by atoms with Crippen LogP contribution >= 0.6 is 0 Å². The molecule has 158 valence electrons. The van der Waals surface area contributed by atoms with Gasteiger partial charge in [0.05, 0.1) is 20.3 Å². The monoisotopic (exact) mass is 401 g/mol. The van der Waals surface area contributed by atoms with Crippen molar-refractivity contribution in [1.29, 1.82) is 0 Å². The van der Waals surface area contributed by atoms with Crippen molar-refractivity contribution in [2.75, 3.05) is 34.0 Å². The van der Waals surface area contributed by atoms with Crippen LogP contribution in [0.5, 0.6) is 17.2 Å². The topological polar surface area (TPSA) is 84.3 Å². The van der Waals surface area contributed by atoms with Crippen molar-refractivity contribution in [3.05, 3.63) is 53.1 Å². The number of hydrogen-bond acceptors (Lipinski definition) is 5. The Bertz CT molecular complexity index is 809. The van der Waals surface area contributed by atoms with Gasteiger partial charge in [0.2, 0.25) is 0 Å². The van der Waals surface area contributed by atoms with Gasteiger partial charge in [0.15, 0.2) is 17.5 Å². The predicted octanol–water partition coefficient (Wildman–Crippen LogP) is 2.99. The molecule has 7 heteroatoms. The van der Waals surface area contributed by atoms with E-state index in [9.17, 15) is 5.11 Å². The molecular weight excluding hydrogens is 370 g/mol. The molecule has 0 radical (unpaired) electrons. The molecule has 0 amide bonds. The number of nitrogens with zero attached hydrogens (tertiary/aromatic N) is 1. The highest BCUT2D eigenvalue weighted by atomic mass is 16.5. The maximum atomic E-state index is 10.3. The number of rotatable bonds is 10. The van der Waals surface area contributed by atoms with Crippen LogP contribution in [-0.4, -0.2) is 45.0 Å². The Balaban J connectivity index is 2.09. The van der Waals surface area contributed by atoms with Crippen LogP contribution in [-0.2, 0) is 17.8 Å². The summed E-state index contributed by atoms with van der Waals surface area (Å²) in [5.41, 5.74) is 2.85. The van der Waals surface area contributed by atoms with Crippen molar-refractivity contribution in [2.45, 2.75) is 26.9 Å². The number of guanidine groups is 1. The van der Waals surface area contributed by atoms with Crippen LogP contribution in [0.4, 0.5) is 0 Å². The molecule has 0 saturated carbocycles. The van der Waals surface area contributed by atoms with Gasteiger partial charge >= 0.3 is 0 Å². The van der Waals surface area contributed by atoms with Crippen molar-refractivity contribution in [2.24, 2.45) is 4.99 Å². The van der Waals surface area contributed by atoms with E-state index in [4.69, 9.17) is 14.2 Å². The molecule has 2 rings (SSSR count). The molecule has 0 aliphatic carbocycles. The number of phenolic OH excluding ortho intramolecular Hbond substituents is 1. The highest BCUT2D eigenvalue weighted by Gasteiger charge is 2.09. The van der Waals surface area contributed by atoms with Crippen molar-refractivity contribution in [3.63, 3.8) is 0 Å². The molecule has 0 aromatic heterocycles. The van der Waals surface area contributed by atoms with Gasteiger partial charge in [-0.25, -0.2) is 4.99 Å². The molecule has 0 aliphatic heterocycles. The van der Waals surface area contributed by atoms with E-state index in [1.54, 1.807) is 13.2 Å². The Morgan fingerprint density at radius 2 is 1.86 bits per heavy atom. The SMILES string of the molecule is CCNC(=NCc1ccc(C)cc1OCCOC)NCc1cccc(OC)c1O. The first kappa shape index (κ1) is 22.4. The Kier molecular flexibility index (Phi) is 9.11. The molecular formula is C22H31N3O4. The Labute approximate surface area is 172 Å². The van der Waals surface area contributed by atoms with Gasteiger partial charge in [0.1, 0.15) is 12.4 Å². The first-order valence-electron chi connectivity index (χ1n) is 9.67. The number of nitrogens with one attached hydrogen (secondary N) is 2. The summed E-state index contributed by atoms with van der Waals surface area (Å²) in [5, 5.41) is 16.7. The van der Waals surface area contributed by atoms with Crippen LogP contribution in [0.3, 0.4) is 0 Å². The number of aliphatic imine (C=N–C) groups is 1. The van der Waals surface area contributed by atoms with Crippen molar-refractivity contribution in [3.8, 4) is 17.2 Å². The summed E-state index contributed by atoms with van der Waals surface area (Å²) in [4.78, 5) is 4.66. The molecule has 0 bridgehead atoms. The number of methoxy groups -OCH3 is 2. The fourth-order valence-electron chi connectivity index (χ4n) is 2.72. The normalized spacial score (nSPS) is 11.2. The molecule has 29 heavy (non-hydrogen) atoms. The molecule has 0 unspecified atom stereocenters. The highest BCUT2D eigenvalue weighted by molar-refractivity contribution is 5.79. The minimum absolute atomic E-state index is 0.130. The molecule has 7 nitrogen and oxygen atoms in total. The van der Waals surface area contributed by atoms with Gasteiger partial charge in [0.25, 0.3) is 0 Å². The molecule has 3 N–H and O–H groups in total. The first-order chi connectivity index (χ1) is 14.1.